The van der Waals surface area contributed by atoms with E-state index in [-0.39, 0.29) is 18.5 Å². The number of carbonyl (C=O) groups is 2. The lowest BCUT2D eigenvalue weighted by atomic mass is 9.95. The Bertz CT molecular complexity index is 1140. The van der Waals surface area contributed by atoms with Gasteiger partial charge in [0.05, 0.1) is 11.9 Å². The van der Waals surface area contributed by atoms with Gasteiger partial charge in [0.1, 0.15) is 12.6 Å². The van der Waals surface area contributed by atoms with Gasteiger partial charge in [0.15, 0.2) is 0 Å². The number of halogens is 2. The Morgan fingerprint density at radius 2 is 1.71 bits per heavy atom. The zero-order chi connectivity index (χ0) is 25.6. The van der Waals surface area contributed by atoms with E-state index in [1.807, 2.05) is 0 Å². The molecule has 0 aliphatic heterocycles. The Kier molecular flexibility index (Phi) is 9.44. The Morgan fingerprint density at radius 1 is 1.06 bits per heavy atom. The van der Waals surface area contributed by atoms with Crippen molar-refractivity contribution in [2.75, 3.05) is 17.1 Å². The fourth-order valence-electron chi connectivity index (χ4n) is 4.19. The van der Waals surface area contributed by atoms with Crippen LogP contribution in [0.15, 0.2) is 48.5 Å². The number of carbonyl (C=O) groups excluding carboxylic acids is 2. The molecule has 10 heteroatoms. The second kappa shape index (κ2) is 12.1. The zero-order valence-corrected chi connectivity index (χ0v) is 22.2. The summed E-state index contributed by atoms with van der Waals surface area (Å²) in [5, 5.41) is 3.87. The van der Waals surface area contributed by atoms with Gasteiger partial charge in [-0.05, 0) is 49.6 Å². The SMILES string of the molecule is CC(C(=O)NC1CCCCC1)N(Cc1ccc(Cl)cc1Cl)C(=O)CN(c1ccccc1)S(C)(=O)=O. The largest absolute Gasteiger partial charge is 0.352 e. The van der Waals surface area contributed by atoms with Crippen LogP contribution in [0.5, 0.6) is 0 Å². The molecule has 1 saturated carbocycles. The fourth-order valence-corrected chi connectivity index (χ4v) is 5.51. The second-order valence-corrected chi connectivity index (χ2v) is 11.6. The average Bonchev–Trinajstić information content (AvgIpc) is 2.82. The highest BCUT2D eigenvalue weighted by atomic mass is 35.5. The standard InChI is InChI=1S/C25H31Cl2N3O4S/c1-18(25(32)28-21-9-5-3-6-10-21)29(16-19-13-14-20(26)15-23(19)27)24(31)17-30(35(2,33)34)22-11-7-4-8-12-22/h4,7-8,11-15,18,21H,3,5-6,9-10,16-17H2,1-2H3,(H,28,32). The van der Waals surface area contributed by atoms with Crippen molar-refractivity contribution in [3.8, 4) is 0 Å². The molecule has 2 amide bonds. The van der Waals surface area contributed by atoms with E-state index in [1.165, 1.54) is 4.90 Å². The highest BCUT2D eigenvalue weighted by molar-refractivity contribution is 7.92. The first-order chi connectivity index (χ1) is 16.6. The van der Waals surface area contributed by atoms with Crippen LogP contribution < -0.4 is 9.62 Å². The predicted molar refractivity (Wildman–Crippen MR) is 140 cm³/mol. The number of anilines is 1. The molecule has 1 aliphatic carbocycles. The molecule has 0 heterocycles. The summed E-state index contributed by atoms with van der Waals surface area (Å²) < 4.78 is 26.1. The van der Waals surface area contributed by atoms with Crippen LogP contribution in [-0.4, -0.2) is 50.0 Å². The molecule has 0 aromatic heterocycles. The molecule has 1 atom stereocenters. The van der Waals surface area contributed by atoms with E-state index in [1.54, 1.807) is 55.5 Å². The lowest BCUT2D eigenvalue weighted by molar-refractivity contribution is -0.139. The number of amides is 2. The molecular formula is C25H31Cl2N3O4S. The van der Waals surface area contributed by atoms with Crippen LogP contribution in [0.3, 0.4) is 0 Å². The molecule has 190 valence electrons. The maximum atomic E-state index is 13.6. The van der Waals surface area contributed by atoms with Crippen LogP contribution in [0.2, 0.25) is 10.0 Å². The van der Waals surface area contributed by atoms with Crippen molar-refractivity contribution in [2.45, 2.75) is 57.7 Å². The number of hydrogen-bond donors (Lipinski definition) is 1. The molecule has 1 fully saturated rings. The number of para-hydroxylation sites is 1. The molecule has 0 bridgehead atoms. The summed E-state index contributed by atoms with van der Waals surface area (Å²) in [6.45, 7) is 1.22. The van der Waals surface area contributed by atoms with E-state index in [0.717, 1.165) is 42.7 Å². The zero-order valence-electron chi connectivity index (χ0n) is 19.9. The minimum absolute atomic E-state index is 0.0283. The molecule has 2 aromatic carbocycles. The maximum absolute atomic E-state index is 13.6. The van der Waals surface area contributed by atoms with Crippen LogP contribution in [-0.2, 0) is 26.2 Å². The van der Waals surface area contributed by atoms with Crippen molar-refractivity contribution in [2.24, 2.45) is 0 Å². The van der Waals surface area contributed by atoms with Crippen LogP contribution in [0.1, 0.15) is 44.6 Å². The van der Waals surface area contributed by atoms with Gasteiger partial charge in [-0.1, -0.05) is 66.7 Å². The first-order valence-corrected chi connectivity index (χ1v) is 14.2. The van der Waals surface area contributed by atoms with Gasteiger partial charge < -0.3 is 10.2 Å². The first kappa shape index (κ1) is 27.3. The van der Waals surface area contributed by atoms with Crippen molar-refractivity contribution in [1.82, 2.24) is 10.2 Å². The summed E-state index contributed by atoms with van der Waals surface area (Å²) in [4.78, 5) is 28.1. The van der Waals surface area contributed by atoms with E-state index in [0.29, 0.717) is 21.3 Å². The summed E-state index contributed by atoms with van der Waals surface area (Å²) in [5.74, 6) is -0.794. The lowest BCUT2D eigenvalue weighted by Crippen LogP contribution is -2.53. The molecule has 1 aliphatic rings. The van der Waals surface area contributed by atoms with Crippen LogP contribution in [0, 0.1) is 0 Å². The van der Waals surface area contributed by atoms with Gasteiger partial charge >= 0.3 is 0 Å². The van der Waals surface area contributed by atoms with E-state index in [9.17, 15) is 18.0 Å². The highest BCUT2D eigenvalue weighted by Crippen LogP contribution is 2.25. The third kappa shape index (κ3) is 7.59. The van der Waals surface area contributed by atoms with Crippen molar-refractivity contribution in [1.29, 1.82) is 0 Å². The van der Waals surface area contributed by atoms with E-state index in [2.05, 4.69) is 5.32 Å². The average molecular weight is 541 g/mol. The van der Waals surface area contributed by atoms with Crippen molar-refractivity contribution >= 4 is 50.7 Å². The molecular weight excluding hydrogens is 509 g/mol. The summed E-state index contributed by atoms with van der Waals surface area (Å²) in [6.07, 6.45) is 6.14. The summed E-state index contributed by atoms with van der Waals surface area (Å²) in [6, 6.07) is 12.6. The summed E-state index contributed by atoms with van der Waals surface area (Å²) in [7, 11) is -3.76. The monoisotopic (exact) mass is 539 g/mol. The Balaban J connectivity index is 1.88. The van der Waals surface area contributed by atoms with Crippen molar-refractivity contribution in [3.63, 3.8) is 0 Å². The smallest absolute Gasteiger partial charge is 0.244 e. The second-order valence-electron chi connectivity index (χ2n) is 8.88. The van der Waals surface area contributed by atoms with Crippen LogP contribution in [0.25, 0.3) is 0 Å². The summed E-state index contributed by atoms with van der Waals surface area (Å²) in [5.41, 5.74) is 0.972. The highest BCUT2D eigenvalue weighted by Gasteiger charge is 2.31. The molecule has 7 nitrogen and oxygen atoms in total. The topological polar surface area (TPSA) is 86.8 Å². The first-order valence-electron chi connectivity index (χ1n) is 11.6. The van der Waals surface area contributed by atoms with Gasteiger partial charge in [-0.2, -0.15) is 0 Å². The number of rotatable bonds is 9. The van der Waals surface area contributed by atoms with Crippen molar-refractivity contribution < 1.29 is 18.0 Å². The molecule has 0 radical (unpaired) electrons. The van der Waals surface area contributed by atoms with E-state index < -0.39 is 28.5 Å². The molecule has 2 aromatic rings. The van der Waals surface area contributed by atoms with Gasteiger partial charge in [0.25, 0.3) is 0 Å². The molecule has 0 spiro atoms. The number of nitrogens with zero attached hydrogens (tertiary/aromatic N) is 2. The van der Waals surface area contributed by atoms with Crippen LogP contribution in [0.4, 0.5) is 5.69 Å². The molecule has 35 heavy (non-hydrogen) atoms. The predicted octanol–water partition coefficient (Wildman–Crippen LogP) is 4.63. The van der Waals surface area contributed by atoms with E-state index in [4.69, 9.17) is 23.2 Å². The third-order valence-corrected chi connectivity index (χ3v) is 7.93. The maximum Gasteiger partial charge on any atom is 0.244 e. The minimum atomic E-state index is -3.76. The normalized spacial score (nSPS) is 15.3. The molecule has 0 saturated heterocycles. The van der Waals surface area contributed by atoms with Gasteiger partial charge in [0, 0.05) is 22.6 Å². The number of hydrogen-bond acceptors (Lipinski definition) is 4. The van der Waals surface area contributed by atoms with Gasteiger partial charge in [0.2, 0.25) is 21.8 Å². The van der Waals surface area contributed by atoms with E-state index >= 15 is 0 Å². The Morgan fingerprint density at radius 3 is 2.31 bits per heavy atom. The quantitative estimate of drug-likeness (QED) is 0.503. The fraction of sp³-hybridized carbons (Fsp3) is 0.440. The third-order valence-electron chi connectivity index (χ3n) is 6.20. The summed E-state index contributed by atoms with van der Waals surface area (Å²) >= 11 is 12.4. The molecule has 1 unspecified atom stereocenters. The van der Waals surface area contributed by atoms with Crippen molar-refractivity contribution in [3.05, 3.63) is 64.1 Å². The Labute approximate surface area is 217 Å². The minimum Gasteiger partial charge on any atom is -0.352 e. The van der Waals surface area contributed by atoms with Gasteiger partial charge in [-0.3, -0.25) is 13.9 Å². The molecule has 3 rings (SSSR count). The van der Waals surface area contributed by atoms with Crippen LogP contribution >= 0.6 is 23.2 Å². The number of nitrogens with one attached hydrogen (secondary N) is 1. The number of sulfonamides is 1. The molecule has 1 N–H and O–H groups in total. The lowest BCUT2D eigenvalue weighted by Gasteiger charge is -2.33. The van der Waals surface area contributed by atoms with Gasteiger partial charge in [-0.25, -0.2) is 8.42 Å². The Hall–Kier alpha value is -2.29. The van der Waals surface area contributed by atoms with Gasteiger partial charge in [-0.15, -0.1) is 0 Å². The number of benzene rings is 2.